The van der Waals surface area contributed by atoms with E-state index in [0.717, 1.165) is 10.9 Å². The zero-order valence-corrected chi connectivity index (χ0v) is 12.2. The van der Waals surface area contributed by atoms with Crippen LogP contribution in [0.15, 0.2) is 48.8 Å². The summed E-state index contributed by atoms with van der Waals surface area (Å²) >= 11 is 6.04. The lowest BCUT2D eigenvalue weighted by Crippen LogP contribution is -1.98. The van der Waals surface area contributed by atoms with Gasteiger partial charge in [0.15, 0.2) is 0 Å². The maximum Gasteiger partial charge on any atom is 0.150 e. The normalized spacial score (nSPS) is 10.6. The number of hydrogen-bond donors (Lipinski definition) is 0. The second-order valence-corrected chi connectivity index (χ2v) is 4.84. The number of halogens is 1. The maximum atomic E-state index is 6.04. The van der Waals surface area contributed by atoms with E-state index in [9.17, 15) is 0 Å². The average Bonchev–Trinajstić information content (AvgIpc) is 2.52. The van der Waals surface area contributed by atoms with E-state index in [1.54, 1.807) is 25.6 Å². The molecule has 0 fully saturated rings. The molecule has 0 atom stereocenters. The lowest BCUT2D eigenvalue weighted by molar-refractivity contribution is 0.308. The molecule has 0 aliphatic heterocycles. The predicted octanol–water partition coefficient (Wildman–Crippen LogP) is 3.87. The van der Waals surface area contributed by atoms with Crippen LogP contribution >= 0.6 is 11.6 Å². The molecule has 3 aromatic rings. The van der Waals surface area contributed by atoms with Gasteiger partial charge in [0.1, 0.15) is 23.3 Å². The van der Waals surface area contributed by atoms with Crippen LogP contribution in [-0.2, 0) is 6.61 Å². The van der Waals surface area contributed by atoms with Gasteiger partial charge in [-0.2, -0.15) is 0 Å². The van der Waals surface area contributed by atoms with Crippen LogP contribution in [0.5, 0.6) is 11.5 Å². The van der Waals surface area contributed by atoms with Crippen LogP contribution in [0, 0.1) is 0 Å². The molecule has 0 saturated carbocycles. The van der Waals surface area contributed by atoms with Gasteiger partial charge in [0.2, 0.25) is 0 Å². The molecule has 0 radical (unpaired) electrons. The van der Waals surface area contributed by atoms with Crippen LogP contribution in [-0.4, -0.2) is 17.1 Å². The molecule has 2 heterocycles. The summed E-state index contributed by atoms with van der Waals surface area (Å²) < 4.78 is 11.2. The van der Waals surface area contributed by atoms with Crippen molar-refractivity contribution in [2.75, 3.05) is 7.11 Å². The highest BCUT2D eigenvalue weighted by Crippen LogP contribution is 2.34. The first-order valence-corrected chi connectivity index (χ1v) is 6.80. The highest BCUT2D eigenvalue weighted by molar-refractivity contribution is 6.30. The summed E-state index contributed by atoms with van der Waals surface area (Å²) in [7, 11) is 1.59. The molecule has 0 unspecified atom stereocenters. The second kappa shape index (κ2) is 5.97. The molecular formula is C16H13ClN2O2. The highest BCUT2D eigenvalue weighted by Gasteiger charge is 2.12. The quantitative estimate of drug-likeness (QED) is 0.686. The lowest BCUT2D eigenvalue weighted by Gasteiger charge is -2.12. The van der Waals surface area contributed by atoms with Gasteiger partial charge in [0.25, 0.3) is 0 Å². The largest absolute Gasteiger partial charge is 0.494 e. The SMILES string of the molecule is COc1cncc2nc(Cl)cc(OCc3ccccc3)c12. The first kappa shape index (κ1) is 13.6. The molecule has 0 saturated heterocycles. The number of fused-ring (bicyclic) bond motifs is 1. The van der Waals surface area contributed by atoms with E-state index >= 15 is 0 Å². The Balaban J connectivity index is 2.00. The predicted molar refractivity (Wildman–Crippen MR) is 81.9 cm³/mol. The number of benzene rings is 1. The zero-order valence-electron chi connectivity index (χ0n) is 11.4. The smallest absolute Gasteiger partial charge is 0.150 e. The topological polar surface area (TPSA) is 44.2 Å². The first-order chi connectivity index (χ1) is 10.3. The molecule has 0 N–H and O–H groups in total. The summed E-state index contributed by atoms with van der Waals surface area (Å²) in [6.45, 7) is 0.446. The van der Waals surface area contributed by atoms with Gasteiger partial charge in [-0.25, -0.2) is 4.98 Å². The van der Waals surface area contributed by atoms with E-state index in [1.165, 1.54) is 0 Å². The molecule has 2 aromatic heterocycles. The Bertz CT molecular complexity index is 763. The fraction of sp³-hybridized carbons (Fsp3) is 0.125. The van der Waals surface area contributed by atoms with Crippen molar-refractivity contribution in [3.63, 3.8) is 0 Å². The van der Waals surface area contributed by atoms with Crippen molar-refractivity contribution in [2.24, 2.45) is 0 Å². The Kier molecular flexibility index (Phi) is 3.88. The van der Waals surface area contributed by atoms with Crippen molar-refractivity contribution in [2.45, 2.75) is 6.61 Å². The Morgan fingerprint density at radius 3 is 2.67 bits per heavy atom. The van der Waals surface area contributed by atoms with Crippen molar-refractivity contribution in [1.82, 2.24) is 9.97 Å². The molecule has 3 rings (SSSR count). The molecule has 21 heavy (non-hydrogen) atoms. The standard InChI is InChI=1S/C16H13ClN2O2/c1-20-14-9-18-8-12-16(14)13(7-15(17)19-12)21-10-11-5-3-2-4-6-11/h2-9H,10H2,1H3. The molecule has 1 aromatic carbocycles. The second-order valence-electron chi connectivity index (χ2n) is 4.45. The minimum Gasteiger partial charge on any atom is -0.494 e. The molecule has 0 amide bonds. The van der Waals surface area contributed by atoms with Crippen LogP contribution in [0.2, 0.25) is 5.15 Å². The van der Waals surface area contributed by atoms with Crippen LogP contribution < -0.4 is 9.47 Å². The van der Waals surface area contributed by atoms with Crippen molar-refractivity contribution in [1.29, 1.82) is 0 Å². The maximum absolute atomic E-state index is 6.04. The lowest BCUT2D eigenvalue weighted by atomic mass is 10.2. The van der Waals surface area contributed by atoms with Crippen molar-refractivity contribution in [3.8, 4) is 11.5 Å². The summed E-state index contributed by atoms with van der Waals surface area (Å²) in [6.07, 6.45) is 3.27. The summed E-state index contributed by atoms with van der Waals surface area (Å²) in [5, 5.41) is 1.13. The zero-order chi connectivity index (χ0) is 14.7. The first-order valence-electron chi connectivity index (χ1n) is 6.43. The Morgan fingerprint density at radius 2 is 1.90 bits per heavy atom. The number of aromatic nitrogens is 2. The van der Waals surface area contributed by atoms with Crippen molar-refractivity contribution >= 4 is 22.5 Å². The van der Waals surface area contributed by atoms with Gasteiger partial charge in [-0.1, -0.05) is 41.9 Å². The Hall–Kier alpha value is -2.33. The summed E-state index contributed by atoms with van der Waals surface area (Å²) in [4.78, 5) is 8.33. The van der Waals surface area contributed by atoms with E-state index in [-0.39, 0.29) is 0 Å². The van der Waals surface area contributed by atoms with Crippen LogP contribution in [0.25, 0.3) is 10.9 Å². The molecule has 0 aliphatic rings. The number of nitrogens with zero attached hydrogens (tertiary/aromatic N) is 2. The van der Waals surface area contributed by atoms with Gasteiger partial charge in [-0.3, -0.25) is 4.98 Å². The Labute approximate surface area is 127 Å². The highest BCUT2D eigenvalue weighted by atomic mass is 35.5. The summed E-state index contributed by atoms with van der Waals surface area (Å²) in [5.41, 5.74) is 1.72. The molecular weight excluding hydrogens is 288 g/mol. The van der Waals surface area contributed by atoms with Gasteiger partial charge < -0.3 is 9.47 Å². The van der Waals surface area contributed by atoms with Crippen molar-refractivity contribution in [3.05, 3.63) is 59.5 Å². The van der Waals surface area contributed by atoms with Crippen LogP contribution in [0.4, 0.5) is 0 Å². The van der Waals surface area contributed by atoms with Gasteiger partial charge in [-0.15, -0.1) is 0 Å². The van der Waals surface area contributed by atoms with Gasteiger partial charge >= 0.3 is 0 Å². The molecule has 0 spiro atoms. The number of methoxy groups -OCH3 is 1. The van der Waals surface area contributed by atoms with Crippen molar-refractivity contribution < 1.29 is 9.47 Å². The number of pyridine rings is 2. The van der Waals surface area contributed by atoms with Crippen LogP contribution in [0.3, 0.4) is 0 Å². The fourth-order valence-corrected chi connectivity index (χ4v) is 2.29. The molecule has 5 heteroatoms. The fourth-order valence-electron chi connectivity index (χ4n) is 2.09. The number of ether oxygens (including phenoxy) is 2. The Morgan fingerprint density at radius 1 is 1.10 bits per heavy atom. The van der Waals surface area contributed by atoms with E-state index in [0.29, 0.717) is 28.8 Å². The average molecular weight is 301 g/mol. The monoisotopic (exact) mass is 300 g/mol. The van der Waals surface area contributed by atoms with E-state index in [1.807, 2.05) is 30.3 Å². The van der Waals surface area contributed by atoms with Crippen LogP contribution in [0.1, 0.15) is 5.56 Å². The van der Waals surface area contributed by atoms with Gasteiger partial charge in [0.05, 0.1) is 30.4 Å². The van der Waals surface area contributed by atoms with E-state index in [4.69, 9.17) is 21.1 Å². The molecule has 106 valence electrons. The summed E-state index contributed by atoms with van der Waals surface area (Å²) in [5.74, 6) is 1.24. The van der Waals surface area contributed by atoms with Gasteiger partial charge in [-0.05, 0) is 5.56 Å². The number of hydrogen-bond acceptors (Lipinski definition) is 4. The minimum atomic E-state index is 0.362. The van der Waals surface area contributed by atoms with E-state index < -0.39 is 0 Å². The molecule has 4 nitrogen and oxygen atoms in total. The molecule has 0 bridgehead atoms. The number of rotatable bonds is 4. The third-order valence-corrected chi connectivity index (χ3v) is 3.27. The third kappa shape index (κ3) is 2.90. The third-order valence-electron chi connectivity index (χ3n) is 3.07. The minimum absolute atomic E-state index is 0.362. The summed E-state index contributed by atoms with van der Waals surface area (Å²) in [6, 6.07) is 11.6. The van der Waals surface area contributed by atoms with E-state index in [2.05, 4.69) is 9.97 Å². The molecule has 0 aliphatic carbocycles. The van der Waals surface area contributed by atoms with Gasteiger partial charge in [0, 0.05) is 6.07 Å².